The Hall–Kier alpha value is -4.10. The van der Waals surface area contributed by atoms with Gasteiger partial charge in [-0.1, -0.05) is 102 Å². The minimum atomic E-state index is -1.31. The Morgan fingerprint density at radius 3 is 2.40 bits per heavy atom. The van der Waals surface area contributed by atoms with E-state index in [4.69, 9.17) is 42.8 Å². The van der Waals surface area contributed by atoms with E-state index in [0.717, 1.165) is 22.3 Å². The summed E-state index contributed by atoms with van der Waals surface area (Å²) in [5.41, 5.74) is 2.00. The number of rotatable bonds is 12. The quantitative estimate of drug-likeness (QED) is 0.163. The Morgan fingerprint density at radius 2 is 1.70 bits per heavy atom. The Bertz CT molecular complexity index is 1580. The second kappa shape index (κ2) is 14.4. The second-order valence-electron chi connectivity index (χ2n) is 10.1. The van der Waals surface area contributed by atoms with E-state index in [9.17, 15) is 4.79 Å². The van der Waals surface area contributed by atoms with Gasteiger partial charge >= 0.3 is 0 Å². The van der Waals surface area contributed by atoms with Crippen molar-refractivity contribution in [1.29, 1.82) is 0 Å². The lowest BCUT2D eigenvalue weighted by Crippen LogP contribution is -2.47. The lowest BCUT2D eigenvalue weighted by molar-refractivity contribution is -0.129. The smallest absolute Gasteiger partial charge is 0.252 e. The van der Waals surface area contributed by atoms with Crippen LogP contribution in [-0.2, 0) is 16.1 Å². The lowest BCUT2D eigenvalue weighted by Gasteiger charge is -2.30. The first-order valence-electron chi connectivity index (χ1n) is 14.1. The summed E-state index contributed by atoms with van der Waals surface area (Å²) in [4.78, 5) is 19.3. The SMILES string of the molecule is O=C(NCc1ccc(Cl)cc1Cl)[C@]1(C/C=C/c2ccccc2)N=C(c2ccc(OCCCO)cc2)O[C@@H]1c1ccccc1. The van der Waals surface area contributed by atoms with E-state index >= 15 is 0 Å². The normalized spacial score (nSPS) is 17.8. The predicted molar refractivity (Wildman–Crippen MR) is 172 cm³/mol. The van der Waals surface area contributed by atoms with Crippen LogP contribution >= 0.6 is 23.2 Å². The summed E-state index contributed by atoms with van der Waals surface area (Å²) in [5, 5.41) is 13.1. The van der Waals surface area contributed by atoms with Crippen LogP contribution in [0.4, 0.5) is 0 Å². The molecule has 0 spiro atoms. The summed E-state index contributed by atoms with van der Waals surface area (Å²) in [6.45, 7) is 0.681. The number of nitrogens with one attached hydrogen (secondary N) is 1. The molecular formula is C35H32Cl2N2O4. The average molecular weight is 616 g/mol. The van der Waals surface area contributed by atoms with Crippen molar-refractivity contribution in [2.24, 2.45) is 4.99 Å². The molecule has 2 atom stereocenters. The van der Waals surface area contributed by atoms with E-state index in [2.05, 4.69) is 5.32 Å². The molecule has 1 heterocycles. The third-order valence-electron chi connectivity index (χ3n) is 7.13. The molecule has 0 radical (unpaired) electrons. The van der Waals surface area contributed by atoms with Crippen LogP contribution in [-0.4, -0.2) is 35.7 Å². The van der Waals surface area contributed by atoms with Gasteiger partial charge in [0.2, 0.25) is 5.90 Å². The van der Waals surface area contributed by atoms with E-state index in [1.165, 1.54) is 0 Å². The van der Waals surface area contributed by atoms with Crippen LogP contribution in [0.2, 0.25) is 10.0 Å². The van der Waals surface area contributed by atoms with Gasteiger partial charge in [0, 0.05) is 41.6 Å². The largest absolute Gasteiger partial charge is 0.494 e. The number of halogens is 2. The molecule has 220 valence electrons. The van der Waals surface area contributed by atoms with Gasteiger partial charge in [0.25, 0.3) is 5.91 Å². The Morgan fingerprint density at radius 1 is 0.977 bits per heavy atom. The monoisotopic (exact) mass is 614 g/mol. The highest BCUT2D eigenvalue weighted by atomic mass is 35.5. The Kier molecular flexibility index (Phi) is 10.2. The van der Waals surface area contributed by atoms with Gasteiger partial charge in [-0.2, -0.15) is 0 Å². The zero-order chi connectivity index (χ0) is 30.1. The van der Waals surface area contributed by atoms with Crippen LogP contribution in [0.5, 0.6) is 5.75 Å². The topological polar surface area (TPSA) is 80.2 Å². The number of ether oxygens (including phenoxy) is 2. The minimum absolute atomic E-state index is 0.0662. The summed E-state index contributed by atoms with van der Waals surface area (Å²) in [5.74, 6) is 0.748. The van der Waals surface area contributed by atoms with Gasteiger partial charge in [0.05, 0.1) is 6.61 Å². The predicted octanol–water partition coefficient (Wildman–Crippen LogP) is 7.43. The highest BCUT2D eigenvalue weighted by Crippen LogP contribution is 2.43. The molecule has 4 aromatic carbocycles. The summed E-state index contributed by atoms with van der Waals surface area (Å²) in [7, 11) is 0. The standard InChI is InChI=1S/C35H32Cl2N2O4/c36-29-17-14-28(31(37)23-29)24-38-34(41)35(20-7-11-25-9-3-1-4-10-25)32(26-12-5-2-6-13-26)43-33(39-35)27-15-18-30(19-16-27)42-22-8-21-40/h1-7,9-19,23,32,40H,8,20-22,24H2,(H,38,41)/b11-7+/t32-,35-/m1/s1. The number of nitrogens with zero attached hydrogens (tertiary/aromatic N) is 1. The van der Waals surface area contributed by atoms with Crippen LogP contribution in [0.1, 0.15) is 41.2 Å². The molecule has 0 saturated carbocycles. The first-order valence-corrected chi connectivity index (χ1v) is 14.8. The number of amides is 1. The molecule has 1 aliphatic rings. The van der Waals surface area contributed by atoms with Gasteiger partial charge < -0.3 is 19.9 Å². The first kappa shape index (κ1) is 30.4. The van der Waals surface area contributed by atoms with Crippen molar-refractivity contribution >= 4 is 41.1 Å². The van der Waals surface area contributed by atoms with Crippen LogP contribution in [0.15, 0.2) is 114 Å². The fraction of sp³-hybridized carbons (Fsp3) is 0.200. The number of hydrogen-bond acceptors (Lipinski definition) is 5. The van der Waals surface area contributed by atoms with Crippen molar-refractivity contribution in [2.75, 3.05) is 13.2 Å². The second-order valence-corrected chi connectivity index (χ2v) is 11.0. The fourth-order valence-electron chi connectivity index (χ4n) is 4.88. The average Bonchev–Trinajstić information content (AvgIpc) is 3.43. The van der Waals surface area contributed by atoms with Crippen molar-refractivity contribution in [3.8, 4) is 5.75 Å². The molecule has 2 N–H and O–H groups in total. The number of aliphatic hydroxyl groups is 1. The summed E-state index contributed by atoms with van der Waals surface area (Å²) >= 11 is 12.5. The molecule has 1 aliphatic heterocycles. The van der Waals surface area contributed by atoms with E-state index in [1.54, 1.807) is 18.2 Å². The number of carbonyl (C=O) groups is 1. The first-order chi connectivity index (χ1) is 21.0. The zero-order valence-electron chi connectivity index (χ0n) is 23.5. The summed E-state index contributed by atoms with van der Waals surface area (Å²) in [6, 6.07) is 32.1. The minimum Gasteiger partial charge on any atom is -0.494 e. The van der Waals surface area contributed by atoms with Gasteiger partial charge in [-0.15, -0.1) is 0 Å². The molecule has 0 unspecified atom stereocenters. The number of benzene rings is 4. The molecule has 0 aromatic heterocycles. The maximum absolute atomic E-state index is 14.3. The molecule has 8 heteroatoms. The molecule has 43 heavy (non-hydrogen) atoms. The molecule has 0 aliphatic carbocycles. The molecule has 5 rings (SSSR count). The van der Waals surface area contributed by atoms with Gasteiger partial charge in [0.1, 0.15) is 5.75 Å². The van der Waals surface area contributed by atoms with Crippen LogP contribution < -0.4 is 10.1 Å². The fourth-order valence-corrected chi connectivity index (χ4v) is 5.35. The van der Waals surface area contributed by atoms with Crippen molar-refractivity contribution in [3.05, 3.63) is 142 Å². The highest BCUT2D eigenvalue weighted by molar-refractivity contribution is 6.35. The molecule has 0 saturated heterocycles. The Labute approximate surface area is 261 Å². The van der Waals surface area contributed by atoms with Gasteiger partial charge in [-0.05, 0) is 53.1 Å². The van der Waals surface area contributed by atoms with Crippen LogP contribution in [0.3, 0.4) is 0 Å². The Balaban J connectivity index is 1.51. The van der Waals surface area contributed by atoms with Gasteiger partial charge in [0.15, 0.2) is 11.6 Å². The van der Waals surface area contributed by atoms with Crippen molar-refractivity contribution in [2.45, 2.75) is 31.0 Å². The lowest BCUT2D eigenvalue weighted by atomic mass is 9.84. The molecule has 0 fully saturated rings. The molecule has 1 amide bonds. The van der Waals surface area contributed by atoms with E-state index in [1.807, 2.05) is 97.1 Å². The van der Waals surface area contributed by atoms with Crippen molar-refractivity contribution in [3.63, 3.8) is 0 Å². The molecule has 4 aromatic rings. The number of hydrogen-bond donors (Lipinski definition) is 2. The summed E-state index contributed by atoms with van der Waals surface area (Å²) in [6.07, 6.45) is 4.09. The third-order valence-corrected chi connectivity index (χ3v) is 7.71. The molecule has 0 bridgehead atoms. The maximum Gasteiger partial charge on any atom is 0.252 e. The van der Waals surface area contributed by atoms with E-state index in [0.29, 0.717) is 34.7 Å². The van der Waals surface area contributed by atoms with Gasteiger partial charge in [-0.3, -0.25) is 4.79 Å². The maximum atomic E-state index is 14.3. The van der Waals surface area contributed by atoms with Crippen molar-refractivity contribution in [1.82, 2.24) is 5.32 Å². The number of aliphatic imine (C=N–C) groups is 1. The number of aliphatic hydroxyl groups excluding tert-OH is 1. The van der Waals surface area contributed by atoms with Gasteiger partial charge in [-0.25, -0.2) is 4.99 Å². The van der Waals surface area contributed by atoms with Crippen LogP contribution in [0, 0.1) is 0 Å². The molecular weight excluding hydrogens is 583 g/mol. The number of carbonyl (C=O) groups excluding carboxylic acids is 1. The van der Waals surface area contributed by atoms with Crippen molar-refractivity contribution < 1.29 is 19.4 Å². The third kappa shape index (κ3) is 7.46. The van der Waals surface area contributed by atoms with Crippen LogP contribution in [0.25, 0.3) is 6.08 Å². The van der Waals surface area contributed by atoms with E-state index in [-0.39, 0.29) is 25.5 Å². The van der Waals surface area contributed by atoms with E-state index < -0.39 is 11.6 Å². The molecule has 6 nitrogen and oxygen atoms in total. The summed E-state index contributed by atoms with van der Waals surface area (Å²) < 4.78 is 12.2. The highest BCUT2D eigenvalue weighted by Gasteiger charge is 2.52. The zero-order valence-corrected chi connectivity index (χ0v) is 25.0.